The summed E-state index contributed by atoms with van der Waals surface area (Å²) in [5.41, 5.74) is 0. The van der Waals surface area contributed by atoms with E-state index in [1.165, 1.54) is 12.8 Å². The molecule has 0 spiro atoms. The summed E-state index contributed by atoms with van der Waals surface area (Å²) < 4.78 is 5.40. The number of carbonyl (C=O) groups is 1. The fourth-order valence-electron chi connectivity index (χ4n) is 2.45. The fourth-order valence-corrected chi connectivity index (χ4v) is 2.63. The van der Waals surface area contributed by atoms with Gasteiger partial charge in [-0.15, -0.1) is 11.6 Å². The first-order valence-corrected chi connectivity index (χ1v) is 6.69. The number of amides is 1. The number of furan rings is 1. The second kappa shape index (κ2) is 5.58. The number of halogens is 1. The number of hydrogen-bond acceptors (Lipinski definition) is 2. The highest BCUT2D eigenvalue weighted by Crippen LogP contribution is 2.25. The van der Waals surface area contributed by atoms with Gasteiger partial charge in [0.25, 0.3) is 5.91 Å². The zero-order chi connectivity index (χ0) is 12.3. The molecule has 1 aliphatic carbocycles. The van der Waals surface area contributed by atoms with Crippen molar-refractivity contribution < 1.29 is 9.21 Å². The number of aryl methyl sites for hydroxylation is 1. The third-order valence-electron chi connectivity index (χ3n) is 3.30. The van der Waals surface area contributed by atoms with Crippen LogP contribution in [0.15, 0.2) is 16.5 Å². The molecule has 1 aromatic heterocycles. The summed E-state index contributed by atoms with van der Waals surface area (Å²) in [4.78, 5) is 14.2. The minimum Gasteiger partial charge on any atom is -0.456 e. The molecule has 1 fully saturated rings. The topological polar surface area (TPSA) is 33.5 Å². The molecule has 0 atom stereocenters. The average Bonchev–Trinajstić information content (AvgIpc) is 2.95. The van der Waals surface area contributed by atoms with E-state index in [1.807, 2.05) is 17.9 Å². The Morgan fingerprint density at radius 3 is 2.71 bits per heavy atom. The van der Waals surface area contributed by atoms with Gasteiger partial charge in [0.15, 0.2) is 5.76 Å². The largest absolute Gasteiger partial charge is 0.456 e. The Morgan fingerprint density at radius 2 is 2.18 bits per heavy atom. The van der Waals surface area contributed by atoms with Crippen molar-refractivity contribution in [3.05, 3.63) is 23.7 Å². The van der Waals surface area contributed by atoms with Gasteiger partial charge in [0.05, 0.1) is 0 Å². The lowest BCUT2D eigenvalue weighted by Crippen LogP contribution is -2.40. The maximum atomic E-state index is 12.3. The Bertz CT molecular complexity index is 383. The van der Waals surface area contributed by atoms with Crippen LogP contribution in [0.5, 0.6) is 0 Å². The van der Waals surface area contributed by atoms with Gasteiger partial charge in [0.1, 0.15) is 5.76 Å². The van der Waals surface area contributed by atoms with Gasteiger partial charge in [-0.25, -0.2) is 0 Å². The lowest BCUT2D eigenvalue weighted by atomic mass is 10.2. The first kappa shape index (κ1) is 12.5. The molecule has 0 radical (unpaired) electrons. The van der Waals surface area contributed by atoms with Crippen molar-refractivity contribution in [1.29, 1.82) is 0 Å². The molecule has 0 saturated heterocycles. The zero-order valence-electron chi connectivity index (χ0n) is 10.1. The van der Waals surface area contributed by atoms with E-state index >= 15 is 0 Å². The predicted octanol–water partition coefficient (Wildman–Crippen LogP) is 3.21. The highest BCUT2D eigenvalue weighted by Gasteiger charge is 2.28. The minimum absolute atomic E-state index is 0.0225. The number of hydrogen-bond donors (Lipinski definition) is 0. The number of carbonyl (C=O) groups excluding carboxylic acids is 1. The second-order valence-corrected chi connectivity index (χ2v) is 4.91. The Labute approximate surface area is 107 Å². The quantitative estimate of drug-likeness (QED) is 0.774. The highest BCUT2D eigenvalue weighted by atomic mass is 35.5. The van der Waals surface area contributed by atoms with Crippen LogP contribution in [-0.4, -0.2) is 29.3 Å². The van der Waals surface area contributed by atoms with Crippen LogP contribution in [0.4, 0.5) is 0 Å². The summed E-state index contributed by atoms with van der Waals surface area (Å²) >= 11 is 5.79. The maximum absolute atomic E-state index is 12.3. The van der Waals surface area contributed by atoms with Gasteiger partial charge < -0.3 is 9.32 Å². The van der Waals surface area contributed by atoms with Crippen molar-refractivity contribution in [2.75, 3.05) is 12.4 Å². The van der Waals surface area contributed by atoms with Gasteiger partial charge in [0.2, 0.25) is 0 Å². The van der Waals surface area contributed by atoms with E-state index in [-0.39, 0.29) is 5.91 Å². The third-order valence-corrected chi connectivity index (χ3v) is 3.47. The fraction of sp³-hybridized carbons (Fsp3) is 0.615. The van der Waals surface area contributed by atoms with Crippen molar-refractivity contribution in [2.24, 2.45) is 0 Å². The Morgan fingerprint density at radius 1 is 1.47 bits per heavy atom. The molecule has 1 saturated carbocycles. The van der Waals surface area contributed by atoms with Crippen LogP contribution < -0.4 is 0 Å². The zero-order valence-corrected chi connectivity index (χ0v) is 10.9. The molecule has 0 aromatic carbocycles. The summed E-state index contributed by atoms with van der Waals surface area (Å²) in [6.07, 6.45) is 4.58. The van der Waals surface area contributed by atoms with E-state index in [0.717, 1.165) is 18.6 Å². The smallest absolute Gasteiger partial charge is 0.289 e. The summed E-state index contributed by atoms with van der Waals surface area (Å²) in [6, 6.07) is 3.90. The van der Waals surface area contributed by atoms with Gasteiger partial charge in [-0.1, -0.05) is 12.8 Å². The molecular weight excluding hydrogens is 238 g/mol. The number of rotatable bonds is 4. The predicted molar refractivity (Wildman–Crippen MR) is 67.5 cm³/mol. The van der Waals surface area contributed by atoms with E-state index in [1.54, 1.807) is 6.07 Å². The SMILES string of the molecule is Cc1ccc(C(=O)N(CCCl)C2CCCC2)o1. The molecule has 0 unspecified atom stereocenters. The van der Waals surface area contributed by atoms with Crippen molar-refractivity contribution in [1.82, 2.24) is 4.90 Å². The third kappa shape index (κ3) is 2.83. The van der Waals surface area contributed by atoms with Gasteiger partial charge >= 0.3 is 0 Å². The highest BCUT2D eigenvalue weighted by molar-refractivity contribution is 6.18. The van der Waals surface area contributed by atoms with Gasteiger partial charge in [-0.2, -0.15) is 0 Å². The molecule has 0 bridgehead atoms. The van der Waals surface area contributed by atoms with Crippen LogP contribution in [0, 0.1) is 6.92 Å². The van der Waals surface area contributed by atoms with Gasteiger partial charge in [-0.3, -0.25) is 4.79 Å². The summed E-state index contributed by atoms with van der Waals surface area (Å²) in [6.45, 7) is 2.45. The molecule has 1 heterocycles. The molecule has 0 aliphatic heterocycles. The monoisotopic (exact) mass is 255 g/mol. The molecule has 1 aromatic rings. The van der Waals surface area contributed by atoms with E-state index in [2.05, 4.69) is 0 Å². The first-order chi connectivity index (χ1) is 8.22. The van der Waals surface area contributed by atoms with E-state index in [9.17, 15) is 4.79 Å². The lowest BCUT2D eigenvalue weighted by molar-refractivity contribution is 0.0661. The molecule has 4 heteroatoms. The Hall–Kier alpha value is -0.960. The van der Waals surface area contributed by atoms with Crippen LogP contribution >= 0.6 is 11.6 Å². The van der Waals surface area contributed by atoms with Crippen molar-refractivity contribution in [3.63, 3.8) is 0 Å². The van der Waals surface area contributed by atoms with Gasteiger partial charge in [0, 0.05) is 18.5 Å². The van der Waals surface area contributed by atoms with E-state index in [0.29, 0.717) is 24.2 Å². The molecule has 1 aliphatic rings. The maximum Gasteiger partial charge on any atom is 0.289 e. The van der Waals surface area contributed by atoms with Crippen LogP contribution in [0.2, 0.25) is 0 Å². The molecule has 1 amide bonds. The van der Waals surface area contributed by atoms with Crippen LogP contribution in [0.1, 0.15) is 42.0 Å². The average molecular weight is 256 g/mol. The summed E-state index contributed by atoms with van der Waals surface area (Å²) in [5.74, 6) is 1.65. The summed E-state index contributed by atoms with van der Waals surface area (Å²) in [5, 5.41) is 0. The standard InChI is InChI=1S/C13H18ClNO2/c1-10-6-7-12(17-10)13(16)15(9-8-14)11-4-2-3-5-11/h6-7,11H,2-5,8-9H2,1H3. The van der Waals surface area contributed by atoms with Crippen molar-refractivity contribution >= 4 is 17.5 Å². The van der Waals surface area contributed by atoms with E-state index in [4.69, 9.17) is 16.0 Å². The van der Waals surface area contributed by atoms with Gasteiger partial charge in [-0.05, 0) is 31.9 Å². The lowest BCUT2D eigenvalue weighted by Gasteiger charge is -2.27. The van der Waals surface area contributed by atoms with Crippen LogP contribution in [0.25, 0.3) is 0 Å². The molecule has 17 heavy (non-hydrogen) atoms. The van der Waals surface area contributed by atoms with Crippen LogP contribution in [0.3, 0.4) is 0 Å². The molecule has 2 rings (SSSR count). The normalized spacial score (nSPS) is 16.4. The summed E-state index contributed by atoms with van der Waals surface area (Å²) in [7, 11) is 0. The van der Waals surface area contributed by atoms with Crippen molar-refractivity contribution in [2.45, 2.75) is 38.6 Å². The molecule has 0 N–H and O–H groups in total. The van der Waals surface area contributed by atoms with E-state index < -0.39 is 0 Å². The number of nitrogens with zero attached hydrogens (tertiary/aromatic N) is 1. The second-order valence-electron chi connectivity index (χ2n) is 4.54. The number of alkyl halides is 1. The Kier molecular flexibility index (Phi) is 4.11. The molecule has 94 valence electrons. The molecular formula is C13H18ClNO2. The van der Waals surface area contributed by atoms with Crippen LogP contribution in [-0.2, 0) is 0 Å². The molecule has 3 nitrogen and oxygen atoms in total. The minimum atomic E-state index is -0.0225. The first-order valence-electron chi connectivity index (χ1n) is 6.15. The Balaban J connectivity index is 2.12. The van der Waals surface area contributed by atoms with Crippen molar-refractivity contribution in [3.8, 4) is 0 Å².